The molecule has 1 aliphatic rings. The smallest absolute Gasteiger partial charge is 0.191 e. The molecule has 0 saturated heterocycles. The van der Waals surface area contributed by atoms with Gasteiger partial charge >= 0.3 is 0 Å². The molecule has 1 heterocycles. The number of nitrogens with zero attached hydrogens (tertiary/aromatic N) is 2. The van der Waals surface area contributed by atoms with Crippen LogP contribution in [-0.2, 0) is 4.74 Å². The van der Waals surface area contributed by atoms with Gasteiger partial charge in [0, 0.05) is 25.8 Å². The van der Waals surface area contributed by atoms with Gasteiger partial charge in [-0.05, 0) is 31.4 Å². The van der Waals surface area contributed by atoms with Crippen molar-refractivity contribution in [2.75, 3.05) is 43.2 Å². The van der Waals surface area contributed by atoms with Crippen LogP contribution in [0, 0.1) is 5.92 Å². The standard InChI is InChI=1S/C14H24N4OS/c1-3-6-15-12-9-13(18-14(17-12)20-2)16-7-8-19-10-11-4-5-11/h9,11H,3-8,10H2,1-2H3,(H2,15,16,17,18). The van der Waals surface area contributed by atoms with E-state index in [9.17, 15) is 0 Å². The summed E-state index contributed by atoms with van der Waals surface area (Å²) in [5, 5.41) is 7.38. The average Bonchev–Trinajstić information content (AvgIpc) is 3.28. The molecule has 2 rings (SSSR count). The second-order valence-corrected chi connectivity index (χ2v) is 5.77. The Morgan fingerprint density at radius 1 is 1.25 bits per heavy atom. The molecule has 1 fully saturated rings. The third-order valence-electron chi connectivity index (χ3n) is 3.05. The van der Waals surface area contributed by atoms with Crippen LogP contribution in [0.15, 0.2) is 11.2 Å². The van der Waals surface area contributed by atoms with E-state index in [1.165, 1.54) is 12.8 Å². The predicted octanol–water partition coefficient (Wildman–Crippen LogP) is 2.86. The van der Waals surface area contributed by atoms with E-state index >= 15 is 0 Å². The number of hydrogen-bond acceptors (Lipinski definition) is 6. The fourth-order valence-electron chi connectivity index (χ4n) is 1.74. The Bertz CT molecular complexity index is 412. The Labute approximate surface area is 125 Å². The highest BCUT2D eigenvalue weighted by Crippen LogP contribution is 2.28. The molecular weight excluding hydrogens is 272 g/mol. The lowest BCUT2D eigenvalue weighted by molar-refractivity contribution is 0.134. The summed E-state index contributed by atoms with van der Waals surface area (Å²) in [7, 11) is 0. The SMILES string of the molecule is CCCNc1cc(NCCOCC2CC2)nc(SC)n1. The molecule has 0 aliphatic heterocycles. The molecule has 0 unspecified atom stereocenters. The maximum atomic E-state index is 5.60. The number of rotatable bonds is 10. The van der Waals surface area contributed by atoms with E-state index in [-0.39, 0.29) is 0 Å². The minimum absolute atomic E-state index is 0.729. The number of hydrogen-bond donors (Lipinski definition) is 2. The molecule has 1 aromatic heterocycles. The normalized spacial score (nSPS) is 14.3. The largest absolute Gasteiger partial charge is 0.379 e. The Balaban J connectivity index is 1.78. The molecule has 1 saturated carbocycles. The summed E-state index contributed by atoms with van der Waals surface area (Å²) in [4.78, 5) is 8.89. The fraction of sp³-hybridized carbons (Fsp3) is 0.714. The van der Waals surface area contributed by atoms with Gasteiger partial charge < -0.3 is 15.4 Å². The first kappa shape index (κ1) is 15.4. The summed E-state index contributed by atoms with van der Waals surface area (Å²) in [6, 6.07) is 1.95. The van der Waals surface area contributed by atoms with E-state index in [0.29, 0.717) is 0 Å². The molecule has 1 aliphatic carbocycles. The van der Waals surface area contributed by atoms with Crippen LogP contribution in [0.25, 0.3) is 0 Å². The third-order valence-corrected chi connectivity index (χ3v) is 3.60. The molecule has 6 heteroatoms. The number of ether oxygens (including phenoxy) is 1. The first-order chi connectivity index (χ1) is 9.81. The molecular formula is C14H24N4OS. The van der Waals surface area contributed by atoms with Gasteiger partial charge in [0.1, 0.15) is 11.6 Å². The van der Waals surface area contributed by atoms with Crippen molar-refractivity contribution in [3.63, 3.8) is 0 Å². The van der Waals surface area contributed by atoms with Gasteiger partial charge in [-0.2, -0.15) is 0 Å². The van der Waals surface area contributed by atoms with Crippen molar-refractivity contribution in [2.24, 2.45) is 5.92 Å². The molecule has 2 N–H and O–H groups in total. The zero-order valence-electron chi connectivity index (χ0n) is 12.3. The number of aromatic nitrogens is 2. The van der Waals surface area contributed by atoms with Crippen molar-refractivity contribution >= 4 is 23.4 Å². The van der Waals surface area contributed by atoms with Gasteiger partial charge in [0.25, 0.3) is 0 Å². The van der Waals surface area contributed by atoms with E-state index in [4.69, 9.17) is 4.74 Å². The van der Waals surface area contributed by atoms with Crippen LogP contribution in [0.2, 0.25) is 0 Å². The lowest BCUT2D eigenvalue weighted by Crippen LogP contribution is -2.12. The minimum atomic E-state index is 0.729. The monoisotopic (exact) mass is 296 g/mol. The zero-order valence-corrected chi connectivity index (χ0v) is 13.1. The third kappa shape index (κ3) is 5.54. The van der Waals surface area contributed by atoms with Gasteiger partial charge in [-0.1, -0.05) is 18.7 Å². The summed E-state index contributed by atoms with van der Waals surface area (Å²) < 4.78 is 5.60. The van der Waals surface area contributed by atoms with E-state index in [0.717, 1.165) is 55.4 Å². The number of anilines is 2. The maximum Gasteiger partial charge on any atom is 0.191 e. The molecule has 0 aromatic carbocycles. The summed E-state index contributed by atoms with van der Waals surface area (Å²) in [6.07, 6.45) is 5.74. The highest BCUT2D eigenvalue weighted by Gasteiger charge is 2.20. The van der Waals surface area contributed by atoms with E-state index < -0.39 is 0 Å². The molecule has 0 atom stereocenters. The minimum Gasteiger partial charge on any atom is -0.379 e. The van der Waals surface area contributed by atoms with E-state index in [1.54, 1.807) is 11.8 Å². The lowest BCUT2D eigenvalue weighted by Gasteiger charge is -2.10. The van der Waals surface area contributed by atoms with Gasteiger partial charge in [0.2, 0.25) is 0 Å². The lowest BCUT2D eigenvalue weighted by atomic mass is 10.4. The quantitative estimate of drug-likeness (QED) is 0.393. The summed E-state index contributed by atoms with van der Waals surface area (Å²) >= 11 is 1.55. The Kier molecular flexibility index (Phi) is 6.39. The Hall–Kier alpha value is -1.01. The topological polar surface area (TPSA) is 59.1 Å². The highest BCUT2D eigenvalue weighted by molar-refractivity contribution is 7.98. The van der Waals surface area contributed by atoms with Gasteiger partial charge in [-0.25, -0.2) is 9.97 Å². The molecule has 0 amide bonds. The van der Waals surface area contributed by atoms with Crippen molar-refractivity contribution in [3.05, 3.63) is 6.07 Å². The van der Waals surface area contributed by atoms with Crippen molar-refractivity contribution in [3.8, 4) is 0 Å². The second-order valence-electron chi connectivity index (χ2n) is 5.00. The van der Waals surface area contributed by atoms with E-state index in [2.05, 4.69) is 27.5 Å². The first-order valence-corrected chi connectivity index (χ1v) is 8.53. The predicted molar refractivity (Wildman–Crippen MR) is 84.6 cm³/mol. The van der Waals surface area contributed by atoms with Gasteiger partial charge in [-0.3, -0.25) is 0 Å². The van der Waals surface area contributed by atoms with Gasteiger partial charge in [-0.15, -0.1) is 0 Å². The molecule has 0 spiro atoms. The Morgan fingerprint density at radius 2 is 1.95 bits per heavy atom. The average molecular weight is 296 g/mol. The van der Waals surface area contributed by atoms with Crippen molar-refractivity contribution in [2.45, 2.75) is 31.3 Å². The molecule has 1 aromatic rings. The molecule has 0 bridgehead atoms. The van der Waals surface area contributed by atoms with Crippen LogP contribution < -0.4 is 10.6 Å². The Morgan fingerprint density at radius 3 is 2.55 bits per heavy atom. The molecule has 20 heavy (non-hydrogen) atoms. The van der Waals surface area contributed by atoms with Crippen molar-refractivity contribution < 1.29 is 4.74 Å². The second kappa shape index (κ2) is 8.32. The maximum absolute atomic E-state index is 5.60. The number of nitrogens with one attached hydrogen (secondary N) is 2. The van der Waals surface area contributed by atoms with Gasteiger partial charge in [0.15, 0.2) is 5.16 Å². The van der Waals surface area contributed by atoms with Crippen LogP contribution in [0.4, 0.5) is 11.6 Å². The van der Waals surface area contributed by atoms with Crippen LogP contribution >= 0.6 is 11.8 Å². The van der Waals surface area contributed by atoms with Crippen LogP contribution in [0.1, 0.15) is 26.2 Å². The number of thioether (sulfide) groups is 1. The molecule has 112 valence electrons. The van der Waals surface area contributed by atoms with Crippen LogP contribution in [-0.4, -0.2) is 42.5 Å². The highest BCUT2D eigenvalue weighted by atomic mass is 32.2. The fourth-order valence-corrected chi connectivity index (χ4v) is 2.12. The zero-order chi connectivity index (χ0) is 14.2. The van der Waals surface area contributed by atoms with Crippen LogP contribution in [0.3, 0.4) is 0 Å². The van der Waals surface area contributed by atoms with Crippen molar-refractivity contribution in [1.29, 1.82) is 0 Å². The van der Waals surface area contributed by atoms with Crippen LogP contribution in [0.5, 0.6) is 0 Å². The van der Waals surface area contributed by atoms with E-state index in [1.807, 2.05) is 12.3 Å². The summed E-state index contributed by atoms with van der Waals surface area (Å²) in [5.74, 6) is 2.56. The molecule has 5 nitrogen and oxygen atoms in total. The van der Waals surface area contributed by atoms with Crippen molar-refractivity contribution in [1.82, 2.24) is 9.97 Å². The van der Waals surface area contributed by atoms with Gasteiger partial charge in [0.05, 0.1) is 6.61 Å². The first-order valence-electron chi connectivity index (χ1n) is 7.30. The summed E-state index contributed by atoms with van der Waals surface area (Å²) in [5.41, 5.74) is 0. The molecule has 0 radical (unpaired) electrons. The summed E-state index contributed by atoms with van der Waals surface area (Å²) in [6.45, 7) is 5.48.